The molecule has 0 unspecified atom stereocenters. The fourth-order valence-electron chi connectivity index (χ4n) is 4.76. The number of carbonyl (C=O) groups excluding carboxylic acids is 1. The van der Waals surface area contributed by atoms with Gasteiger partial charge in [-0.05, 0) is 37.5 Å². The molecule has 1 saturated heterocycles. The lowest BCUT2D eigenvalue weighted by Gasteiger charge is -2.31. The van der Waals surface area contributed by atoms with E-state index >= 15 is 0 Å². The van der Waals surface area contributed by atoms with Crippen molar-refractivity contribution in [3.05, 3.63) is 62.9 Å². The maximum atomic E-state index is 12.9. The summed E-state index contributed by atoms with van der Waals surface area (Å²) in [6.45, 7) is 2.87. The zero-order valence-corrected chi connectivity index (χ0v) is 23.4. The third-order valence-corrected chi connectivity index (χ3v) is 8.32. The van der Waals surface area contributed by atoms with Crippen molar-refractivity contribution in [3.63, 3.8) is 0 Å². The summed E-state index contributed by atoms with van der Waals surface area (Å²) in [7, 11) is -3.68. The summed E-state index contributed by atoms with van der Waals surface area (Å²) in [5.74, 6) is 0.735. The van der Waals surface area contributed by atoms with Crippen LogP contribution in [0.15, 0.2) is 34.6 Å². The molecule has 1 amide bonds. The molecule has 0 aliphatic carbocycles. The van der Waals surface area contributed by atoms with E-state index in [2.05, 4.69) is 15.4 Å². The van der Waals surface area contributed by atoms with Gasteiger partial charge >= 0.3 is 16.3 Å². The van der Waals surface area contributed by atoms with Gasteiger partial charge < -0.3 is 14.4 Å². The number of carbonyl (C=O) groups is 1. The van der Waals surface area contributed by atoms with Crippen LogP contribution >= 0.6 is 11.3 Å². The number of nitrogens with one attached hydrogen (secondary N) is 1. The average molecular weight is 597 g/mol. The lowest BCUT2D eigenvalue weighted by Crippen LogP contribution is -2.40. The Morgan fingerprint density at radius 2 is 2.00 bits per heavy atom. The van der Waals surface area contributed by atoms with Gasteiger partial charge in [0.05, 0.1) is 17.8 Å². The van der Waals surface area contributed by atoms with Crippen LogP contribution in [-0.4, -0.2) is 59.2 Å². The molecule has 5 rings (SSSR count). The highest BCUT2D eigenvalue weighted by molar-refractivity contribution is 7.86. The highest BCUT2D eigenvalue weighted by Crippen LogP contribution is 2.32. The zero-order valence-electron chi connectivity index (χ0n) is 21.7. The van der Waals surface area contributed by atoms with E-state index in [4.69, 9.17) is 9.17 Å². The molecule has 214 valence electrons. The molecule has 10 nitrogen and oxygen atoms in total. The van der Waals surface area contributed by atoms with Gasteiger partial charge in [0, 0.05) is 42.2 Å². The van der Waals surface area contributed by atoms with Crippen LogP contribution in [-0.2, 0) is 40.7 Å². The number of amidine groups is 1. The first-order chi connectivity index (χ1) is 18.9. The summed E-state index contributed by atoms with van der Waals surface area (Å²) in [6.07, 6.45) is -2.19. The molecule has 4 heterocycles. The van der Waals surface area contributed by atoms with Crippen LogP contribution in [0.4, 0.5) is 13.2 Å². The summed E-state index contributed by atoms with van der Waals surface area (Å²) in [5.41, 5.74) is 1.54. The van der Waals surface area contributed by atoms with Crippen LogP contribution in [0.3, 0.4) is 0 Å². The van der Waals surface area contributed by atoms with Gasteiger partial charge in [-0.1, -0.05) is 12.1 Å². The first-order valence-electron chi connectivity index (χ1n) is 12.5. The average Bonchev–Trinajstić information content (AvgIpc) is 3.45. The zero-order chi connectivity index (χ0) is 28.7. The molecule has 0 bridgehead atoms. The second kappa shape index (κ2) is 10.8. The second-order valence-electron chi connectivity index (χ2n) is 9.75. The van der Waals surface area contributed by atoms with Crippen molar-refractivity contribution in [2.45, 2.75) is 51.5 Å². The van der Waals surface area contributed by atoms with Crippen molar-refractivity contribution in [2.75, 3.05) is 19.3 Å². The fourth-order valence-corrected chi connectivity index (χ4v) is 6.22. The minimum absolute atomic E-state index is 0.143. The maximum Gasteiger partial charge on any atom is 0.435 e. The van der Waals surface area contributed by atoms with Gasteiger partial charge in [-0.25, -0.2) is 4.98 Å². The Kier molecular flexibility index (Phi) is 7.61. The number of hydrogen-bond acceptors (Lipinski definition) is 9. The highest BCUT2D eigenvalue weighted by atomic mass is 32.2. The molecular weight excluding hydrogens is 569 g/mol. The van der Waals surface area contributed by atoms with Crippen LogP contribution in [0, 0.1) is 6.92 Å². The SMILES string of the molecule is Cc1cc(C(F)(F)F)nn1CC(=O)N1CCC(c2nc(C3=NCc4c(cccc4OS(C)(=O)=O)CN3)cs2)CC1. The largest absolute Gasteiger partial charge is 0.435 e. The van der Waals surface area contributed by atoms with E-state index in [0.717, 1.165) is 27.6 Å². The summed E-state index contributed by atoms with van der Waals surface area (Å²) >= 11 is 1.51. The number of amides is 1. The monoisotopic (exact) mass is 596 g/mol. The standard InChI is InChI=1S/C25H27F3N6O4S2/c1-15-10-21(25(26,27)28)32-34(15)13-22(35)33-8-6-16(7-9-33)24-31-19(14-39-24)23-29-11-17-4-3-5-20(18(17)12-30-23)38-40(2,36)37/h3-5,10,14,16H,6-9,11-13H2,1-2H3,(H,29,30). The number of thiazole rings is 1. The molecule has 1 fully saturated rings. The number of alkyl halides is 3. The van der Waals surface area contributed by atoms with Gasteiger partial charge in [-0.2, -0.15) is 26.7 Å². The number of nitrogens with zero attached hydrogens (tertiary/aromatic N) is 5. The summed E-state index contributed by atoms with van der Waals surface area (Å²) < 4.78 is 68.4. The molecule has 2 aliphatic heterocycles. The molecule has 0 atom stereocenters. The number of likely N-dealkylation sites (tertiary alicyclic amines) is 1. The first-order valence-corrected chi connectivity index (χ1v) is 15.2. The van der Waals surface area contributed by atoms with Gasteiger partial charge in [-0.3, -0.25) is 14.5 Å². The van der Waals surface area contributed by atoms with E-state index in [1.54, 1.807) is 17.0 Å². The van der Waals surface area contributed by atoms with E-state index < -0.39 is 22.0 Å². The number of piperidine rings is 1. The van der Waals surface area contributed by atoms with Crippen molar-refractivity contribution in [1.82, 2.24) is 25.0 Å². The molecular formula is C25H27F3N6O4S2. The molecule has 3 aromatic rings. The minimum atomic E-state index is -4.55. The van der Waals surface area contributed by atoms with Crippen molar-refractivity contribution in [3.8, 4) is 5.75 Å². The number of halogens is 3. The van der Waals surface area contributed by atoms with E-state index in [9.17, 15) is 26.4 Å². The molecule has 0 saturated carbocycles. The fraction of sp³-hybridized carbons (Fsp3) is 0.440. The maximum absolute atomic E-state index is 12.9. The summed E-state index contributed by atoms with van der Waals surface area (Å²) in [6, 6.07) is 6.17. The number of aryl methyl sites for hydroxylation is 1. The molecule has 0 radical (unpaired) electrons. The summed E-state index contributed by atoms with van der Waals surface area (Å²) in [4.78, 5) is 23.8. The third-order valence-electron chi connectivity index (χ3n) is 6.83. The Bertz CT molecular complexity index is 1560. The van der Waals surface area contributed by atoms with Crippen molar-refractivity contribution < 1.29 is 30.6 Å². The first kappa shape index (κ1) is 28.1. The lowest BCUT2D eigenvalue weighted by molar-refractivity contribution is -0.142. The van der Waals surface area contributed by atoms with Crippen LogP contribution in [0.25, 0.3) is 0 Å². The van der Waals surface area contributed by atoms with Crippen LogP contribution < -0.4 is 9.50 Å². The number of aromatic nitrogens is 3. The van der Waals surface area contributed by atoms with Gasteiger partial charge in [0.1, 0.15) is 23.8 Å². The number of aliphatic imine (C=N–C) groups is 1. The molecule has 40 heavy (non-hydrogen) atoms. The number of hydrogen-bond donors (Lipinski definition) is 1. The minimum Gasteiger partial charge on any atom is -0.382 e. The van der Waals surface area contributed by atoms with E-state index in [1.807, 2.05) is 11.4 Å². The molecule has 1 aromatic carbocycles. The normalized spacial score (nSPS) is 16.6. The molecule has 2 aliphatic rings. The Morgan fingerprint density at radius 3 is 2.67 bits per heavy atom. The van der Waals surface area contributed by atoms with Crippen molar-refractivity contribution in [1.29, 1.82) is 0 Å². The van der Waals surface area contributed by atoms with Gasteiger partial charge in [0.2, 0.25) is 5.91 Å². The smallest absolute Gasteiger partial charge is 0.382 e. The molecule has 2 aromatic heterocycles. The van der Waals surface area contributed by atoms with Crippen LogP contribution in [0.5, 0.6) is 5.75 Å². The van der Waals surface area contributed by atoms with E-state index in [0.29, 0.717) is 49.6 Å². The molecule has 15 heteroatoms. The third kappa shape index (κ3) is 6.30. The Labute approximate surface area is 233 Å². The molecule has 1 N–H and O–H groups in total. The van der Waals surface area contributed by atoms with E-state index in [-0.39, 0.29) is 36.4 Å². The van der Waals surface area contributed by atoms with Gasteiger partial charge in [0.15, 0.2) is 5.69 Å². The lowest BCUT2D eigenvalue weighted by atomic mass is 9.97. The van der Waals surface area contributed by atoms with Crippen LogP contribution in [0.1, 0.15) is 52.0 Å². The number of fused-ring (bicyclic) bond motifs is 1. The second-order valence-corrected chi connectivity index (χ2v) is 12.2. The van der Waals surface area contributed by atoms with Gasteiger partial charge in [0.25, 0.3) is 0 Å². The predicted molar refractivity (Wildman–Crippen MR) is 142 cm³/mol. The topological polar surface area (TPSA) is 119 Å². The summed E-state index contributed by atoms with van der Waals surface area (Å²) in [5, 5.41) is 9.67. The van der Waals surface area contributed by atoms with Crippen molar-refractivity contribution >= 4 is 33.2 Å². The Balaban J connectivity index is 1.20. The quantitative estimate of drug-likeness (QED) is 0.433. The molecule has 0 spiro atoms. The number of rotatable bonds is 6. The Morgan fingerprint density at radius 1 is 1.25 bits per heavy atom. The highest BCUT2D eigenvalue weighted by Gasteiger charge is 2.35. The number of benzene rings is 1. The van der Waals surface area contributed by atoms with E-state index in [1.165, 1.54) is 18.3 Å². The Hall–Kier alpha value is -3.46. The van der Waals surface area contributed by atoms with Crippen molar-refractivity contribution in [2.24, 2.45) is 4.99 Å². The van der Waals surface area contributed by atoms with Crippen LogP contribution in [0.2, 0.25) is 0 Å². The van der Waals surface area contributed by atoms with Gasteiger partial charge in [-0.15, -0.1) is 11.3 Å². The predicted octanol–water partition coefficient (Wildman–Crippen LogP) is 3.46.